The lowest BCUT2D eigenvalue weighted by Crippen LogP contribution is -2.32. The van der Waals surface area contributed by atoms with Crippen molar-refractivity contribution in [3.8, 4) is 0 Å². The van der Waals surface area contributed by atoms with Crippen LogP contribution in [0.3, 0.4) is 0 Å². The molecule has 0 saturated heterocycles. The highest BCUT2D eigenvalue weighted by atomic mass is 16.3. The van der Waals surface area contributed by atoms with Crippen LogP contribution in [0, 0.1) is 0 Å². The molecule has 0 aliphatic heterocycles. The van der Waals surface area contributed by atoms with Crippen LogP contribution in [-0.4, -0.2) is 45.7 Å². The number of aliphatic hydroxyl groups is 1. The number of aryl methyl sites for hydroxylation is 1. The van der Waals surface area contributed by atoms with E-state index in [9.17, 15) is 14.7 Å². The molecule has 0 bridgehead atoms. The summed E-state index contributed by atoms with van der Waals surface area (Å²) in [5.74, 6) is -0.284. The van der Waals surface area contributed by atoms with Gasteiger partial charge < -0.3 is 19.9 Å². The molecule has 162 valence electrons. The minimum Gasteiger partial charge on any atom is -0.393 e. The van der Waals surface area contributed by atoms with Crippen LogP contribution >= 0.6 is 0 Å². The predicted octanol–water partition coefficient (Wildman–Crippen LogP) is 3.12. The van der Waals surface area contributed by atoms with Crippen LogP contribution in [0.5, 0.6) is 0 Å². The molecular formula is C24H28N4O3. The summed E-state index contributed by atoms with van der Waals surface area (Å²) in [5, 5.41) is 12.1. The number of amides is 2. The molecule has 1 atom stereocenters. The van der Waals surface area contributed by atoms with Crippen molar-refractivity contribution in [3.63, 3.8) is 0 Å². The first kappa shape index (κ1) is 22.2. The fourth-order valence-electron chi connectivity index (χ4n) is 3.20. The summed E-state index contributed by atoms with van der Waals surface area (Å²) >= 11 is 0. The quantitative estimate of drug-likeness (QED) is 0.528. The van der Waals surface area contributed by atoms with Crippen molar-refractivity contribution >= 4 is 17.5 Å². The summed E-state index contributed by atoms with van der Waals surface area (Å²) in [4.78, 5) is 31.2. The van der Waals surface area contributed by atoms with E-state index in [1.54, 1.807) is 60.7 Å². The van der Waals surface area contributed by atoms with Crippen molar-refractivity contribution < 1.29 is 14.7 Å². The van der Waals surface area contributed by atoms with Crippen LogP contribution in [0.15, 0.2) is 73.3 Å². The molecule has 3 rings (SSSR count). The van der Waals surface area contributed by atoms with Crippen molar-refractivity contribution in [1.82, 2.24) is 14.9 Å². The standard InChI is InChI=1S/C24H28N4O3/c1-19(29)12-13-26-23(30)20-8-10-22(11-9-20)28(16-5-15-27-17-14-25-18-27)24(31)21-6-3-2-4-7-21/h2-4,6-11,14,17-19,29H,5,12-13,15-16H2,1H3,(H,26,30). The third kappa shape index (κ3) is 6.52. The Labute approximate surface area is 182 Å². The average Bonchev–Trinajstić information content (AvgIpc) is 3.30. The molecule has 1 unspecified atom stereocenters. The van der Waals surface area contributed by atoms with Gasteiger partial charge in [-0.3, -0.25) is 9.59 Å². The largest absolute Gasteiger partial charge is 0.393 e. The molecule has 7 nitrogen and oxygen atoms in total. The fraction of sp³-hybridized carbons (Fsp3) is 0.292. The van der Waals surface area contributed by atoms with Gasteiger partial charge in [0, 0.05) is 48.8 Å². The van der Waals surface area contributed by atoms with Gasteiger partial charge in [-0.15, -0.1) is 0 Å². The van der Waals surface area contributed by atoms with E-state index in [0.717, 1.165) is 18.7 Å². The van der Waals surface area contributed by atoms with Crippen LogP contribution in [0.25, 0.3) is 0 Å². The van der Waals surface area contributed by atoms with E-state index >= 15 is 0 Å². The average molecular weight is 421 g/mol. The van der Waals surface area contributed by atoms with Gasteiger partial charge in [-0.05, 0) is 56.2 Å². The smallest absolute Gasteiger partial charge is 0.258 e. The molecule has 0 aliphatic rings. The van der Waals surface area contributed by atoms with Crippen molar-refractivity contribution in [1.29, 1.82) is 0 Å². The highest BCUT2D eigenvalue weighted by Crippen LogP contribution is 2.19. The molecule has 0 spiro atoms. The molecule has 0 fully saturated rings. The van der Waals surface area contributed by atoms with Crippen LogP contribution in [0.4, 0.5) is 5.69 Å². The lowest BCUT2D eigenvalue weighted by atomic mass is 10.1. The first-order chi connectivity index (χ1) is 15.0. The summed E-state index contributed by atoms with van der Waals surface area (Å²) in [5.41, 5.74) is 1.87. The number of nitrogens with zero attached hydrogens (tertiary/aromatic N) is 3. The van der Waals surface area contributed by atoms with Gasteiger partial charge in [0.05, 0.1) is 12.4 Å². The number of anilines is 1. The predicted molar refractivity (Wildman–Crippen MR) is 120 cm³/mol. The third-order valence-electron chi connectivity index (χ3n) is 4.91. The van der Waals surface area contributed by atoms with E-state index in [0.29, 0.717) is 30.6 Å². The number of imidazole rings is 1. The van der Waals surface area contributed by atoms with Gasteiger partial charge in [-0.1, -0.05) is 18.2 Å². The number of carbonyl (C=O) groups excluding carboxylic acids is 2. The Morgan fingerprint density at radius 1 is 1.10 bits per heavy atom. The highest BCUT2D eigenvalue weighted by Gasteiger charge is 2.18. The topological polar surface area (TPSA) is 87.5 Å². The molecule has 0 radical (unpaired) electrons. The second-order valence-electron chi connectivity index (χ2n) is 7.42. The van der Waals surface area contributed by atoms with Gasteiger partial charge in [0.15, 0.2) is 0 Å². The van der Waals surface area contributed by atoms with E-state index in [2.05, 4.69) is 10.3 Å². The summed E-state index contributed by atoms with van der Waals surface area (Å²) in [6.07, 6.45) is 6.19. The number of aromatic nitrogens is 2. The summed E-state index contributed by atoms with van der Waals surface area (Å²) < 4.78 is 1.98. The maximum atomic E-state index is 13.2. The minimum atomic E-state index is -0.456. The summed E-state index contributed by atoms with van der Waals surface area (Å²) in [7, 11) is 0. The molecule has 31 heavy (non-hydrogen) atoms. The Kier molecular flexibility index (Phi) is 7.95. The number of nitrogens with one attached hydrogen (secondary N) is 1. The fourth-order valence-corrected chi connectivity index (χ4v) is 3.20. The number of carbonyl (C=O) groups is 2. The zero-order valence-corrected chi connectivity index (χ0v) is 17.6. The number of rotatable bonds is 10. The molecule has 1 heterocycles. The van der Waals surface area contributed by atoms with Gasteiger partial charge in [0.1, 0.15) is 0 Å². The lowest BCUT2D eigenvalue weighted by molar-refractivity contribution is 0.0944. The second kappa shape index (κ2) is 11.1. The number of benzene rings is 2. The number of hydrogen-bond donors (Lipinski definition) is 2. The van der Waals surface area contributed by atoms with Crippen molar-refractivity contribution in [2.24, 2.45) is 0 Å². The van der Waals surface area contributed by atoms with E-state index < -0.39 is 6.10 Å². The van der Waals surface area contributed by atoms with Gasteiger partial charge in [-0.25, -0.2) is 4.98 Å². The number of hydrogen-bond acceptors (Lipinski definition) is 4. The monoisotopic (exact) mass is 420 g/mol. The van der Waals surface area contributed by atoms with Crippen LogP contribution in [0.1, 0.15) is 40.5 Å². The van der Waals surface area contributed by atoms with Gasteiger partial charge in [-0.2, -0.15) is 0 Å². The van der Waals surface area contributed by atoms with E-state index in [-0.39, 0.29) is 11.8 Å². The molecule has 3 aromatic rings. The van der Waals surface area contributed by atoms with Gasteiger partial charge >= 0.3 is 0 Å². The molecule has 2 N–H and O–H groups in total. The Hall–Kier alpha value is -3.45. The Morgan fingerprint density at radius 3 is 2.48 bits per heavy atom. The Morgan fingerprint density at radius 2 is 1.84 bits per heavy atom. The van der Waals surface area contributed by atoms with Crippen molar-refractivity contribution in [2.45, 2.75) is 32.4 Å². The van der Waals surface area contributed by atoms with Crippen LogP contribution in [0.2, 0.25) is 0 Å². The van der Waals surface area contributed by atoms with Crippen molar-refractivity contribution in [3.05, 3.63) is 84.4 Å². The first-order valence-electron chi connectivity index (χ1n) is 10.4. The molecular weight excluding hydrogens is 392 g/mol. The Balaban J connectivity index is 1.71. The maximum absolute atomic E-state index is 13.2. The normalized spacial score (nSPS) is 11.7. The minimum absolute atomic E-state index is 0.0830. The summed E-state index contributed by atoms with van der Waals surface area (Å²) in [6.45, 7) is 3.38. The van der Waals surface area contributed by atoms with E-state index in [1.165, 1.54) is 0 Å². The number of aliphatic hydroxyl groups excluding tert-OH is 1. The SMILES string of the molecule is CC(O)CCNC(=O)c1ccc(N(CCCn2ccnc2)C(=O)c2ccccc2)cc1. The molecule has 0 aliphatic carbocycles. The van der Waals surface area contributed by atoms with E-state index in [4.69, 9.17) is 0 Å². The van der Waals surface area contributed by atoms with Crippen LogP contribution in [-0.2, 0) is 6.54 Å². The lowest BCUT2D eigenvalue weighted by Gasteiger charge is -2.23. The highest BCUT2D eigenvalue weighted by molar-refractivity contribution is 6.06. The molecule has 2 amide bonds. The van der Waals surface area contributed by atoms with Crippen molar-refractivity contribution in [2.75, 3.05) is 18.0 Å². The molecule has 7 heteroatoms. The molecule has 0 saturated carbocycles. The van der Waals surface area contributed by atoms with Gasteiger partial charge in [0.25, 0.3) is 11.8 Å². The third-order valence-corrected chi connectivity index (χ3v) is 4.91. The first-order valence-corrected chi connectivity index (χ1v) is 10.4. The zero-order valence-electron chi connectivity index (χ0n) is 17.6. The molecule has 2 aromatic carbocycles. The maximum Gasteiger partial charge on any atom is 0.258 e. The second-order valence-corrected chi connectivity index (χ2v) is 7.42. The zero-order chi connectivity index (χ0) is 22.1. The van der Waals surface area contributed by atoms with Crippen LogP contribution < -0.4 is 10.2 Å². The Bertz CT molecular complexity index is 954. The summed E-state index contributed by atoms with van der Waals surface area (Å²) in [6, 6.07) is 16.2. The van der Waals surface area contributed by atoms with Gasteiger partial charge in [0.2, 0.25) is 0 Å². The van der Waals surface area contributed by atoms with E-state index in [1.807, 2.05) is 29.0 Å². The molecule has 1 aromatic heterocycles.